The van der Waals surface area contributed by atoms with Gasteiger partial charge in [-0.3, -0.25) is 4.55 Å². The van der Waals surface area contributed by atoms with Crippen molar-refractivity contribution in [3.63, 3.8) is 0 Å². The van der Waals surface area contributed by atoms with Gasteiger partial charge in [-0.15, -0.1) is 0 Å². The molecule has 0 aromatic rings. The first-order valence-electron chi connectivity index (χ1n) is 4.60. The van der Waals surface area contributed by atoms with Crippen molar-refractivity contribution >= 4 is 10.3 Å². The lowest BCUT2D eigenvalue weighted by Crippen LogP contribution is -2.43. The Morgan fingerprint density at radius 2 is 1.46 bits per heavy atom. The van der Waals surface area contributed by atoms with E-state index in [0.717, 1.165) is 4.31 Å². The zero-order valence-electron chi connectivity index (χ0n) is 8.69. The fraction of sp³-hybridized carbons (Fsp3) is 1.00. The maximum atomic E-state index is 11.0. The predicted molar refractivity (Wildman–Crippen MR) is 52.9 cm³/mol. The summed E-state index contributed by atoms with van der Waals surface area (Å²) >= 11 is 0. The van der Waals surface area contributed by atoms with Crippen LogP contribution in [0.4, 0.5) is 0 Å². The molecule has 0 fully saturated rings. The number of hydrogen-bond acceptors (Lipinski definition) is 2. The van der Waals surface area contributed by atoms with Gasteiger partial charge < -0.3 is 0 Å². The van der Waals surface area contributed by atoms with Crippen LogP contribution in [0, 0.1) is 0 Å². The largest absolute Gasteiger partial charge is 0.336 e. The van der Waals surface area contributed by atoms with E-state index in [4.69, 9.17) is 4.55 Å². The Morgan fingerprint density at radius 3 is 1.62 bits per heavy atom. The van der Waals surface area contributed by atoms with Crippen molar-refractivity contribution in [3.05, 3.63) is 0 Å². The Labute approximate surface area is 80.8 Å². The van der Waals surface area contributed by atoms with E-state index in [1.54, 1.807) is 13.8 Å². The summed E-state index contributed by atoms with van der Waals surface area (Å²) in [7, 11) is -4.05. The maximum absolute atomic E-state index is 11.0. The van der Waals surface area contributed by atoms with E-state index < -0.39 is 10.3 Å². The Balaban J connectivity index is 4.76. The molecule has 5 heteroatoms. The molecule has 80 valence electrons. The van der Waals surface area contributed by atoms with E-state index in [9.17, 15) is 8.42 Å². The Hall–Kier alpha value is -0.130. The van der Waals surface area contributed by atoms with Crippen LogP contribution in [0.2, 0.25) is 0 Å². The van der Waals surface area contributed by atoms with Gasteiger partial charge in [-0.2, -0.15) is 12.7 Å². The first-order valence-corrected chi connectivity index (χ1v) is 6.00. The summed E-state index contributed by atoms with van der Waals surface area (Å²) < 4.78 is 32.2. The molecule has 0 radical (unpaired) electrons. The van der Waals surface area contributed by atoms with Crippen LogP contribution < -0.4 is 0 Å². The van der Waals surface area contributed by atoms with E-state index in [2.05, 4.69) is 0 Å². The molecule has 0 aliphatic rings. The van der Waals surface area contributed by atoms with Gasteiger partial charge in [0.1, 0.15) is 0 Å². The fourth-order valence-electron chi connectivity index (χ4n) is 1.25. The lowest BCUT2D eigenvalue weighted by Gasteiger charge is -2.29. The second kappa shape index (κ2) is 4.93. The van der Waals surface area contributed by atoms with Gasteiger partial charge in [-0.05, 0) is 26.7 Å². The SMILES string of the molecule is CCC(C)N(C(C)CC)S(=O)(=O)O. The van der Waals surface area contributed by atoms with E-state index in [-0.39, 0.29) is 12.1 Å². The highest BCUT2D eigenvalue weighted by atomic mass is 32.2. The molecule has 0 bridgehead atoms. The average molecular weight is 209 g/mol. The van der Waals surface area contributed by atoms with Crippen molar-refractivity contribution in [2.45, 2.75) is 52.6 Å². The lowest BCUT2D eigenvalue weighted by molar-refractivity contribution is 0.236. The van der Waals surface area contributed by atoms with Gasteiger partial charge in [-0.25, -0.2) is 0 Å². The molecule has 4 nitrogen and oxygen atoms in total. The van der Waals surface area contributed by atoms with Crippen LogP contribution >= 0.6 is 0 Å². The molecule has 0 aromatic heterocycles. The third kappa shape index (κ3) is 3.62. The standard InChI is InChI=1S/C8H19NO3S/c1-5-7(3)9(8(4)6-2)13(10,11)12/h7-8H,5-6H2,1-4H3,(H,10,11,12). The summed E-state index contributed by atoms with van der Waals surface area (Å²) in [6.45, 7) is 7.37. The van der Waals surface area contributed by atoms with Gasteiger partial charge in [0.2, 0.25) is 0 Å². The molecule has 0 amide bonds. The third-order valence-corrected chi connectivity index (χ3v) is 3.57. The van der Waals surface area contributed by atoms with Crippen LogP contribution in [0.15, 0.2) is 0 Å². The lowest BCUT2D eigenvalue weighted by atomic mass is 10.2. The molecule has 0 aliphatic carbocycles. The zero-order valence-corrected chi connectivity index (χ0v) is 9.50. The summed E-state index contributed by atoms with van der Waals surface area (Å²) in [6, 6.07) is -0.296. The highest BCUT2D eigenvalue weighted by molar-refractivity contribution is 7.83. The van der Waals surface area contributed by atoms with E-state index in [1.807, 2.05) is 13.8 Å². The van der Waals surface area contributed by atoms with E-state index >= 15 is 0 Å². The van der Waals surface area contributed by atoms with Gasteiger partial charge in [0.15, 0.2) is 0 Å². The molecule has 0 spiro atoms. The fourth-order valence-corrected chi connectivity index (χ4v) is 2.46. The molecule has 13 heavy (non-hydrogen) atoms. The first kappa shape index (κ1) is 12.9. The van der Waals surface area contributed by atoms with Gasteiger partial charge in [0.05, 0.1) is 0 Å². The molecular formula is C8H19NO3S. The van der Waals surface area contributed by atoms with Crippen LogP contribution in [0.3, 0.4) is 0 Å². The molecule has 0 saturated carbocycles. The topological polar surface area (TPSA) is 57.6 Å². The van der Waals surface area contributed by atoms with Crippen molar-refractivity contribution in [3.8, 4) is 0 Å². The minimum atomic E-state index is -4.05. The smallest absolute Gasteiger partial charge is 0.273 e. The number of rotatable bonds is 5. The van der Waals surface area contributed by atoms with Crippen molar-refractivity contribution in [2.24, 2.45) is 0 Å². The maximum Gasteiger partial charge on any atom is 0.336 e. The van der Waals surface area contributed by atoms with Gasteiger partial charge in [0.25, 0.3) is 0 Å². The van der Waals surface area contributed by atoms with Gasteiger partial charge in [-0.1, -0.05) is 13.8 Å². The molecule has 2 unspecified atom stereocenters. The van der Waals surface area contributed by atoms with Gasteiger partial charge in [0, 0.05) is 12.1 Å². The molecule has 2 atom stereocenters. The first-order chi connectivity index (χ1) is 5.84. The molecule has 0 rings (SSSR count). The molecule has 0 saturated heterocycles. The van der Waals surface area contributed by atoms with Crippen molar-refractivity contribution in [1.82, 2.24) is 4.31 Å². The normalized spacial score (nSPS) is 17.4. The molecule has 0 aromatic carbocycles. The molecular weight excluding hydrogens is 190 g/mol. The molecule has 0 aliphatic heterocycles. The highest BCUT2D eigenvalue weighted by Crippen LogP contribution is 2.15. The minimum absolute atomic E-state index is 0.148. The number of nitrogens with zero attached hydrogens (tertiary/aromatic N) is 1. The quantitative estimate of drug-likeness (QED) is 0.701. The summed E-state index contributed by atoms with van der Waals surface area (Å²) in [5.41, 5.74) is 0. The third-order valence-electron chi connectivity index (χ3n) is 2.32. The van der Waals surface area contributed by atoms with Crippen LogP contribution in [-0.2, 0) is 10.3 Å². The predicted octanol–water partition coefficient (Wildman–Crippen LogP) is 1.69. The summed E-state index contributed by atoms with van der Waals surface area (Å²) in [6.07, 6.45) is 1.40. The average Bonchev–Trinajstić information content (AvgIpc) is 2.01. The van der Waals surface area contributed by atoms with Gasteiger partial charge >= 0.3 is 10.3 Å². The Bertz CT molecular complexity index is 228. The van der Waals surface area contributed by atoms with Crippen LogP contribution in [0.1, 0.15) is 40.5 Å². The monoisotopic (exact) mass is 209 g/mol. The summed E-state index contributed by atoms with van der Waals surface area (Å²) in [4.78, 5) is 0. The van der Waals surface area contributed by atoms with Crippen molar-refractivity contribution < 1.29 is 13.0 Å². The Morgan fingerprint density at radius 1 is 1.15 bits per heavy atom. The second-order valence-electron chi connectivity index (χ2n) is 3.32. The van der Waals surface area contributed by atoms with Crippen molar-refractivity contribution in [2.75, 3.05) is 0 Å². The van der Waals surface area contributed by atoms with E-state index in [1.165, 1.54) is 0 Å². The van der Waals surface area contributed by atoms with Crippen LogP contribution in [0.5, 0.6) is 0 Å². The number of hydrogen-bond donors (Lipinski definition) is 1. The van der Waals surface area contributed by atoms with E-state index in [0.29, 0.717) is 12.8 Å². The minimum Gasteiger partial charge on any atom is -0.273 e. The highest BCUT2D eigenvalue weighted by Gasteiger charge is 2.28. The summed E-state index contributed by atoms with van der Waals surface area (Å²) in [5, 5.41) is 0. The van der Waals surface area contributed by atoms with Crippen LogP contribution in [0.25, 0.3) is 0 Å². The second-order valence-corrected chi connectivity index (χ2v) is 4.64. The molecule has 1 N–H and O–H groups in total. The Kier molecular flexibility index (Phi) is 4.88. The van der Waals surface area contributed by atoms with Crippen molar-refractivity contribution in [1.29, 1.82) is 0 Å². The molecule has 0 heterocycles. The zero-order chi connectivity index (χ0) is 10.6. The van der Waals surface area contributed by atoms with Crippen LogP contribution in [-0.4, -0.2) is 29.4 Å². The summed E-state index contributed by atoms with van der Waals surface area (Å²) in [5.74, 6) is 0.